The summed E-state index contributed by atoms with van der Waals surface area (Å²) in [4.78, 5) is 23.9. The normalized spacial score (nSPS) is 17.7. The first kappa shape index (κ1) is 26.2. The summed E-state index contributed by atoms with van der Waals surface area (Å²) in [5.74, 6) is 0.569. The number of anilines is 1. The molecule has 1 aliphatic rings. The van der Waals surface area contributed by atoms with Gasteiger partial charge in [0.15, 0.2) is 0 Å². The molecule has 0 spiro atoms. The molecular weight excluding hydrogens is 500 g/mol. The Labute approximate surface area is 218 Å². The highest BCUT2D eigenvalue weighted by molar-refractivity contribution is 7.79. The van der Waals surface area contributed by atoms with Crippen molar-refractivity contribution in [3.05, 3.63) is 87.7 Å². The molecule has 2 N–H and O–H groups in total. The number of amides is 1. The molecule has 190 valence electrons. The van der Waals surface area contributed by atoms with Crippen molar-refractivity contribution in [3.8, 4) is 0 Å². The van der Waals surface area contributed by atoms with Gasteiger partial charge in [-0.1, -0.05) is 48.9 Å². The molecular formula is C26H28ClN4O4S-. The molecule has 10 heteroatoms. The van der Waals surface area contributed by atoms with Crippen LogP contribution >= 0.6 is 11.6 Å². The molecule has 1 amide bonds. The summed E-state index contributed by atoms with van der Waals surface area (Å²) in [5, 5.41) is 12.7. The van der Waals surface area contributed by atoms with Gasteiger partial charge in [0.25, 0.3) is 5.91 Å². The number of fused-ring (bicyclic) bond motifs is 1. The van der Waals surface area contributed by atoms with Gasteiger partial charge in [-0.05, 0) is 58.8 Å². The molecule has 4 atom stereocenters. The summed E-state index contributed by atoms with van der Waals surface area (Å²) in [6, 6.07) is 11.9. The Kier molecular flexibility index (Phi) is 8.35. The first-order chi connectivity index (χ1) is 17.3. The third-order valence-electron chi connectivity index (χ3n) is 6.61. The fourth-order valence-corrected chi connectivity index (χ4v) is 4.95. The largest absolute Gasteiger partial charge is 0.772 e. The number of aromatic nitrogens is 2. The summed E-state index contributed by atoms with van der Waals surface area (Å²) < 4.78 is 22.4. The predicted molar refractivity (Wildman–Crippen MR) is 139 cm³/mol. The monoisotopic (exact) mass is 527 g/mol. The number of aliphatic hydroxyl groups is 1. The first-order valence-corrected chi connectivity index (χ1v) is 13.3. The van der Waals surface area contributed by atoms with Gasteiger partial charge in [0.05, 0.1) is 30.1 Å². The summed E-state index contributed by atoms with van der Waals surface area (Å²) in [5.41, 5.74) is 4.06. The van der Waals surface area contributed by atoms with E-state index in [9.17, 15) is 18.7 Å². The second kappa shape index (κ2) is 11.5. The van der Waals surface area contributed by atoms with Gasteiger partial charge in [-0.15, -0.1) is 0 Å². The lowest BCUT2D eigenvalue weighted by atomic mass is 9.87. The van der Waals surface area contributed by atoms with E-state index < -0.39 is 22.4 Å². The van der Waals surface area contributed by atoms with Crippen LogP contribution in [0.15, 0.2) is 54.9 Å². The highest BCUT2D eigenvalue weighted by atomic mass is 35.5. The third-order valence-corrected chi connectivity index (χ3v) is 7.66. The van der Waals surface area contributed by atoms with E-state index in [1.807, 2.05) is 18.2 Å². The van der Waals surface area contributed by atoms with Gasteiger partial charge >= 0.3 is 0 Å². The zero-order chi connectivity index (χ0) is 25.8. The molecule has 8 nitrogen and oxygen atoms in total. The van der Waals surface area contributed by atoms with Crippen LogP contribution < -0.4 is 10.2 Å². The number of nitrogens with zero attached hydrogens (tertiary/aromatic N) is 3. The topological polar surface area (TPSA) is 118 Å². The van der Waals surface area contributed by atoms with Gasteiger partial charge in [-0.25, -0.2) is 9.97 Å². The lowest BCUT2D eigenvalue weighted by molar-refractivity contribution is 0.0916. The van der Waals surface area contributed by atoms with Crippen LogP contribution in [0.1, 0.15) is 70.1 Å². The van der Waals surface area contributed by atoms with E-state index in [1.165, 1.54) is 5.56 Å². The minimum absolute atomic E-state index is 0.277. The maximum atomic E-state index is 13.1. The molecule has 4 rings (SSSR count). The van der Waals surface area contributed by atoms with E-state index >= 15 is 0 Å². The SMILES string of the molecule is CC[C@H]1CN(c2ncc(Cl)cn2)Cc2cc(C(=O)N[C@@H](CO)c3ccc(C(C)S(=O)[O-])cc3)ccc21. The first-order valence-electron chi connectivity index (χ1n) is 11.8. The Morgan fingerprint density at radius 3 is 2.50 bits per heavy atom. The molecule has 1 aromatic heterocycles. The smallest absolute Gasteiger partial charge is 0.251 e. The van der Waals surface area contributed by atoms with Gasteiger partial charge in [-0.2, -0.15) is 0 Å². The summed E-state index contributed by atoms with van der Waals surface area (Å²) in [6.07, 6.45) is 4.09. The second-order valence-electron chi connectivity index (χ2n) is 8.88. The van der Waals surface area contributed by atoms with Gasteiger partial charge in [-0.3, -0.25) is 9.00 Å². The van der Waals surface area contributed by atoms with Gasteiger partial charge in [0, 0.05) is 29.8 Å². The molecule has 1 aliphatic heterocycles. The van der Waals surface area contributed by atoms with E-state index in [-0.39, 0.29) is 18.4 Å². The molecule has 0 aliphatic carbocycles. The molecule has 2 heterocycles. The number of nitrogens with one attached hydrogen (secondary N) is 1. The second-order valence-corrected chi connectivity index (χ2v) is 10.5. The van der Waals surface area contributed by atoms with E-state index in [0.717, 1.165) is 18.5 Å². The Morgan fingerprint density at radius 1 is 1.22 bits per heavy atom. The summed E-state index contributed by atoms with van der Waals surface area (Å²) >= 11 is 3.72. The standard InChI is InChI=1S/C26H29ClN4O4S/c1-3-17-13-31(26-28-11-22(27)12-29-26)14-21-10-20(8-9-23(17)21)25(33)30-24(15-32)19-6-4-18(5-7-19)16(2)36(34)35/h4-12,16-17,24,32H,3,13-15H2,1-2H3,(H,30,33)(H,34,35)/p-1/t16?,17-,24-/m0/s1. The molecule has 0 fully saturated rings. The number of hydrogen-bond donors (Lipinski definition) is 2. The predicted octanol–water partition coefficient (Wildman–Crippen LogP) is 4.05. The molecule has 0 saturated heterocycles. The van der Waals surface area contributed by atoms with E-state index in [0.29, 0.717) is 34.2 Å². The average Bonchev–Trinajstić information content (AvgIpc) is 2.90. The zero-order valence-corrected chi connectivity index (χ0v) is 21.6. The quantitative estimate of drug-likeness (QED) is 0.424. The Morgan fingerprint density at radius 2 is 1.89 bits per heavy atom. The highest BCUT2D eigenvalue weighted by Crippen LogP contribution is 2.33. The van der Waals surface area contributed by atoms with Gasteiger partial charge in [0.1, 0.15) is 0 Å². The number of rotatable bonds is 8. The van der Waals surface area contributed by atoms with Crippen LogP contribution in [-0.4, -0.2) is 42.9 Å². The van der Waals surface area contributed by atoms with Gasteiger partial charge in [0.2, 0.25) is 5.95 Å². The Balaban J connectivity index is 1.52. The van der Waals surface area contributed by atoms with Crippen LogP contribution in [0, 0.1) is 0 Å². The van der Waals surface area contributed by atoms with Gasteiger partial charge < -0.3 is 19.9 Å². The molecule has 3 aromatic rings. The average molecular weight is 528 g/mol. The van der Waals surface area contributed by atoms with Crippen molar-refractivity contribution in [3.63, 3.8) is 0 Å². The molecule has 2 aromatic carbocycles. The van der Waals surface area contributed by atoms with E-state index in [4.69, 9.17) is 11.6 Å². The van der Waals surface area contributed by atoms with Crippen molar-refractivity contribution in [2.75, 3.05) is 18.1 Å². The summed E-state index contributed by atoms with van der Waals surface area (Å²) in [7, 11) is 0. The van der Waals surface area contributed by atoms with Crippen molar-refractivity contribution in [2.24, 2.45) is 0 Å². The fraction of sp³-hybridized carbons (Fsp3) is 0.346. The van der Waals surface area contributed by atoms with Crippen LogP contribution in [0.2, 0.25) is 5.02 Å². The highest BCUT2D eigenvalue weighted by Gasteiger charge is 2.27. The van der Waals surface area contributed by atoms with Crippen molar-refractivity contribution in [2.45, 2.75) is 44.0 Å². The van der Waals surface area contributed by atoms with Crippen molar-refractivity contribution < 1.29 is 18.7 Å². The van der Waals surface area contributed by atoms with Crippen molar-refractivity contribution in [1.82, 2.24) is 15.3 Å². The maximum Gasteiger partial charge on any atom is 0.251 e. The number of hydrogen-bond acceptors (Lipinski definition) is 7. The number of benzene rings is 2. The third kappa shape index (κ3) is 5.75. The number of aliphatic hydroxyl groups excluding tert-OH is 1. The maximum absolute atomic E-state index is 13.1. The Hall–Kier alpha value is -2.85. The molecule has 0 bridgehead atoms. The molecule has 0 radical (unpaired) electrons. The molecule has 0 saturated carbocycles. The van der Waals surface area contributed by atoms with Crippen LogP contribution in [-0.2, 0) is 17.6 Å². The van der Waals surface area contributed by atoms with Crippen LogP contribution in [0.25, 0.3) is 0 Å². The van der Waals surface area contributed by atoms with Crippen LogP contribution in [0.4, 0.5) is 5.95 Å². The summed E-state index contributed by atoms with van der Waals surface area (Å²) in [6.45, 7) is 4.78. The van der Waals surface area contributed by atoms with Crippen LogP contribution in [0.5, 0.6) is 0 Å². The number of carbonyl (C=O) groups excluding carboxylic acids is 1. The van der Waals surface area contributed by atoms with E-state index in [1.54, 1.807) is 43.6 Å². The fourth-order valence-electron chi connectivity index (χ4n) is 4.47. The van der Waals surface area contributed by atoms with E-state index in [2.05, 4.69) is 27.1 Å². The number of carbonyl (C=O) groups is 1. The molecule has 2 unspecified atom stereocenters. The van der Waals surface area contributed by atoms with Crippen LogP contribution in [0.3, 0.4) is 0 Å². The zero-order valence-electron chi connectivity index (χ0n) is 20.1. The minimum atomic E-state index is -2.22. The van der Waals surface area contributed by atoms with Crippen molar-refractivity contribution >= 4 is 34.5 Å². The lowest BCUT2D eigenvalue weighted by Crippen LogP contribution is -2.35. The molecule has 36 heavy (non-hydrogen) atoms. The number of halogens is 1. The Bertz CT molecular complexity index is 1240. The lowest BCUT2D eigenvalue weighted by Gasteiger charge is -2.34. The minimum Gasteiger partial charge on any atom is -0.772 e. The van der Waals surface area contributed by atoms with Crippen molar-refractivity contribution in [1.29, 1.82) is 0 Å².